The van der Waals surface area contributed by atoms with Gasteiger partial charge in [-0.3, -0.25) is 9.59 Å². The molecule has 2 aromatic rings. The third-order valence-electron chi connectivity index (χ3n) is 6.02. The van der Waals surface area contributed by atoms with Crippen LogP contribution < -0.4 is 5.32 Å². The van der Waals surface area contributed by atoms with Crippen molar-refractivity contribution in [1.29, 1.82) is 0 Å². The zero-order valence-electron chi connectivity index (χ0n) is 17.9. The van der Waals surface area contributed by atoms with Crippen molar-refractivity contribution in [3.63, 3.8) is 0 Å². The third-order valence-corrected chi connectivity index (χ3v) is 6.02. The van der Waals surface area contributed by atoms with Gasteiger partial charge >= 0.3 is 0 Å². The summed E-state index contributed by atoms with van der Waals surface area (Å²) in [6.45, 7) is 4.07. The molecule has 1 aliphatic carbocycles. The Hall–Kier alpha value is -2.69. The van der Waals surface area contributed by atoms with E-state index in [4.69, 9.17) is 0 Å². The fourth-order valence-corrected chi connectivity index (χ4v) is 4.03. The normalized spacial score (nSPS) is 15.4. The van der Waals surface area contributed by atoms with E-state index in [9.17, 15) is 14.0 Å². The number of halogens is 1. The van der Waals surface area contributed by atoms with Crippen molar-refractivity contribution < 1.29 is 14.0 Å². The lowest BCUT2D eigenvalue weighted by Crippen LogP contribution is -2.50. The molecule has 1 atom stereocenters. The average molecular weight is 411 g/mol. The number of aryl methyl sites for hydroxylation is 1. The number of nitrogens with one attached hydrogen (secondary N) is 1. The van der Waals surface area contributed by atoms with Crippen LogP contribution >= 0.6 is 0 Å². The van der Waals surface area contributed by atoms with Gasteiger partial charge in [-0.05, 0) is 49.4 Å². The Morgan fingerprint density at radius 1 is 1.03 bits per heavy atom. The number of hydrogen-bond donors (Lipinski definition) is 1. The second-order valence-corrected chi connectivity index (χ2v) is 8.24. The molecule has 0 aromatic heterocycles. The van der Waals surface area contributed by atoms with Gasteiger partial charge < -0.3 is 10.2 Å². The van der Waals surface area contributed by atoms with Crippen LogP contribution in [0.25, 0.3) is 0 Å². The molecular weight excluding hydrogens is 379 g/mol. The van der Waals surface area contributed by atoms with Crippen LogP contribution in [-0.4, -0.2) is 28.8 Å². The average Bonchev–Trinajstić information content (AvgIpc) is 2.75. The van der Waals surface area contributed by atoms with Crippen molar-refractivity contribution in [3.8, 4) is 0 Å². The third kappa shape index (κ3) is 5.68. The Kier molecular flexibility index (Phi) is 7.61. The molecule has 0 saturated heterocycles. The molecule has 0 heterocycles. The summed E-state index contributed by atoms with van der Waals surface area (Å²) in [5, 5.41) is 3.12. The quantitative estimate of drug-likeness (QED) is 0.728. The minimum atomic E-state index is -0.634. The molecule has 2 amide bonds. The molecule has 0 radical (unpaired) electrons. The molecule has 1 aliphatic rings. The standard InChI is InChI=1S/C25H31FN2O2/c1-18-10-6-7-12-21(18)17-28(24(29)16-20-11-8-9-15-23(20)26)19(2)25(30)27-22-13-4-3-5-14-22/h6-12,15,19,22H,3-5,13-14,16-17H2,1-2H3,(H,27,30)/t19-/m1/s1. The van der Waals surface area contributed by atoms with E-state index < -0.39 is 11.9 Å². The van der Waals surface area contributed by atoms with Crippen molar-refractivity contribution in [3.05, 3.63) is 71.0 Å². The van der Waals surface area contributed by atoms with Crippen molar-refractivity contribution >= 4 is 11.8 Å². The molecule has 2 aromatic carbocycles. The molecule has 5 heteroatoms. The lowest BCUT2D eigenvalue weighted by Gasteiger charge is -2.31. The minimum absolute atomic E-state index is 0.0698. The Bertz CT molecular complexity index is 877. The smallest absolute Gasteiger partial charge is 0.242 e. The van der Waals surface area contributed by atoms with Gasteiger partial charge in [-0.15, -0.1) is 0 Å². The first-order valence-corrected chi connectivity index (χ1v) is 10.8. The predicted molar refractivity (Wildman–Crippen MR) is 116 cm³/mol. The van der Waals surface area contributed by atoms with E-state index >= 15 is 0 Å². The maximum atomic E-state index is 14.1. The minimum Gasteiger partial charge on any atom is -0.352 e. The fraction of sp³-hybridized carbons (Fsp3) is 0.440. The molecule has 4 nitrogen and oxygen atoms in total. The summed E-state index contributed by atoms with van der Waals surface area (Å²) in [5.41, 5.74) is 2.38. The Morgan fingerprint density at radius 2 is 1.67 bits per heavy atom. The van der Waals surface area contributed by atoms with Crippen LogP contribution in [0.1, 0.15) is 55.7 Å². The number of benzene rings is 2. The van der Waals surface area contributed by atoms with Gasteiger partial charge in [-0.25, -0.2) is 4.39 Å². The zero-order chi connectivity index (χ0) is 21.5. The van der Waals surface area contributed by atoms with E-state index in [0.717, 1.165) is 36.8 Å². The van der Waals surface area contributed by atoms with E-state index in [1.54, 1.807) is 30.0 Å². The molecule has 0 bridgehead atoms. The second-order valence-electron chi connectivity index (χ2n) is 8.24. The van der Waals surface area contributed by atoms with Crippen molar-refractivity contribution in [1.82, 2.24) is 10.2 Å². The highest BCUT2D eigenvalue weighted by Gasteiger charge is 2.28. The van der Waals surface area contributed by atoms with Gasteiger partial charge in [-0.2, -0.15) is 0 Å². The van der Waals surface area contributed by atoms with E-state index in [2.05, 4.69) is 5.32 Å². The van der Waals surface area contributed by atoms with E-state index in [-0.39, 0.29) is 24.3 Å². The molecule has 1 saturated carbocycles. The first kappa shape index (κ1) is 22.0. The SMILES string of the molecule is Cc1ccccc1CN(C(=O)Cc1ccccc1F)[C@H](C)C(=O)NC1CCCCC1. The summed E-state index contributed by atoms with van der Waals surface area (Å²) < 4.78 is 14.1. The second kappa shape index (κ2) is 10.4. The van der Waals surface area contributed by atoms with Gasteiger partial charge in [0, 0.05) is 12.6 Å². The number of carbonyl (C=O) groups excluding carboxylic acids is 2. The number of amides is 2. The summed E-state index contributed by atoms with van der Waals surface area (Å²) in [4.78, 5) is 27.7. The highest BCUT2D eigenvalue weighted by Crippen LogP contribution is 2.19. The number of rotatable bonds is 7. The number of nitrogens with zero attached hydrogens (tertiary/aromatic N) is 1. The van der Waals surface area contributed by atoms with Crippen molar-refractivity contribution in [2.24, 2.45) is 0 Å². The topological polar surface area (TPSA) is 49.4 Å². The van der Waals surface area contributed by atoms with Crippen LogP contribution in [0.2, 0.25) is 0 Å². The van der Waals surface area contributed by atoms with Crippen molar-refractivity contribution in [2.75, 3.05) is 0 Å². The molecule has 0 spiro atoms. The van der Waals surface area contributed by atoms with Crippen LogP contribution in [0.15, 0.2) is 48.5 Å². The largest absolute Gasteiger partial charge is 0.352 e. The van der Waals surface area contributed by atoms with E-state index in [0.29, 0.717) is 12.1 Å². The van der Waals surface area contributed by atoms with Crippen LogP contribution in [0.4, 0.5) is 4.39 Å². The summed E-state index contributed by atoms with van der Waals surface area (Å²) in [7, 11) is 0. The van der Waals surface area contributed by atoms with Crippen LogP contribution in [0.5, 0.6) is 0 Å². The molecular formula is C25H31FN2O2. The summed E-state index contributed by atoms with van der Waals surface area (Å²) in [6, 6.07) is 13.7. The molecule has 0 unspecified atom stereocenters. The van der Waals surface area contributed by atoms with Gasteiger partial charge in [0.25, 0.3) is 0 Å². The molecule has 30 heavy (non-hydrogen) atoms. The first-order chi connectivity index (χ1) is 14.5. The van der Waals surface area contributed by atoms with E-state index in [1.807, 2.05) is 31.2 Å². The monoisotopic (exact) mass is 410 g/mol. The van der Waals surface area contributed by atoms with Gasteiger partial charge in [0.05, 0.1) is 6.42 Å². The predicted octanol–water partition coefficient (Wildman–Crippen LogP) is 4.54. The molecule has 3 rings (SSSR count). The zero-order valence-corrected chi connectivity index (χ0v) is 17.9. The lowest BCUT2D eigenvalue weighted by molar-refractivity contribution is -0.140. The molecule has 1 fully saturated rings. The fourth-order valence-electron chi connectivity index (χ4n) is 4.03. The summed E-state index contributed by atoms with van der Waals surface area (Å²) in [6.07, 6.45) is 5.36. The number of hydrogen-bond acceptors (Lipinski definition) is 2. The highest BCUT2D eigenvalue weighted by atomic mass is 19.1. The van der Waals surface area contributed by atoms with Crippen LogP contribution in [0.3, 0.4) is 0 Å². The van der Waals surface area contributed by atoms with Gasteiger partial charge in [0.2, 0.25) is 11.8 Å². The Morgan fingerprint density at radius 3 is 2.33 bits per heavy atom. The van der Waals surface area contributed by atoms with Gasteiger partial charge in [-0.1, -0.05) is 61.7 Å². The van der Waals surface area contributed by atoms with Gasteiger partial charge in [0.1, 0.15) is 11.9 Å². The summed E-state index contributed by atoms with van der Waals surface area (Å²) in [5.74, 6) is -0.798. The first-order valence-electron chi connectivity index (χ1n) is 10.8. The van der Waals surface area contributed by atoms with Gasteiger partial charge in [0.15, 0.2) is 0 Å². The number of carbonyl (C=O) groups is 2. The molecule has 160 valence electrons. The Labute approximate surface area is 178 Å². The maximum Gasteiger partial charge on any atom is 0.242 e. The lowest BCUT2D eigenvalue weighted by atomic mass is 9.95. The van der Waals surface area contributed by atoms with Crippen LogP contribution in [0, 0.1) is 12.7 Å². The van der Waals surface area contributed by atoms with Crippen LogP contribution in [-0.2, 0) is 22.6 Å². The summed E-state index contributed by atoms with van der Waals surface area (Å²) >= 11 is 0. The molecule has 1 N–H and O–H groups in total. The maximum absolute atomic E-state index is 14.1. The highest BCUT2D eigenvalue weighted by molar-refractivity contribution is 5.88. The molecule has 0 aliphatic heterocycles. The van der Waals surface area contributed by atoms with Crippen molar-refractivity contribution in [2.45, 2.75) is 71.0 Å². The Balaban J connectivity index is 1.78. The van der Waals surface area contributed by atoms with E-state index in [1.165, 1.54) is 12.5 Å².